The maximum absolute atomic E-state index is 12.5. The van der Waals surface area contributed by atoms with E-state index in [1.54, 1.807) is 13.8 Å². The number of hydrogen-bond donors (Lipinski definition) is 0. The molecule has 0 fully saturated rings. The molecule has 5 aromatic carbocycles. The average molecular weight is 530 g/mol. The van der Waals surface area contributed by atoms with E-state index in [4.69, 9.17) is 9.47 Å². The fraction of sp³-hybridized carbons (Fsp3) is 0.114. The third-order valence-electron chi connectivity index (χ3n) is 6.00. The maximum Gasteiger partial charge on any atom is 0.345 e. The van der Waals surface area contributed by atoms with Crippen molar-refractivity contribution in [1.29, 1.82) is 0 Å². The van der Waals surface area contributed by atoms with Crippen LogP contribution in [0.1, 0.15) is 19.4 Å². The summed E-state index contributed by atoms with van der Waals surface area (Å²) < 4.78 is 11.4. The lowest BCUT2D eigenvalue weighted by molar-refractivity contribution is -0.154. The van der Waals surface area contributed by atoms with Gasteiger partial charge in [0.05, 0.1) is 10.9 Å². The summed E-state index contributed by atoms with van der Waals surface area (Å²) >= 11 is 0. The van der Waals surface area contributed by atoms with Gasteiger partial charge in [0, 0.05) is 5.56 Å². The Labute approximate surface area is 232 Å². The molecule has 0 saturated heterocycles. The quantitative estimate of drug-likeness (QED) is 0.123. The average Bonchev–Trinajstić information content (AvgIpc) is 2.97. The molecule has 0 radical (unpaired) electrons. The van der Waals surface area contributed by atoms with Gasteiger partial charge in [-0.1, -0.05) is 78.6 Å². The molecule has 39 heavy (non-hydrogen) atoms. The summed E-state index contributed by atoms with van der Waals surface area (Å²) in [6.07, 6.45) is 0. The first-order chi connectivity index (χ1) is 19.0. The molecule has 4 heteroatoms. The molecular formula is C35H29O3S+. The van der Waals surface area contributed by atoms with Crippen LogP contribution in [-0.2, 0) is 20.4 Å². The van der Waals surface area contributed by atoms with Crippen LogP contribution >= 0.6 is 0 Å². The highest BCUT2D eigenvalue weighted by atomic mass is 32.2. The predicted octanol–water partition coefficient (Wildman–Crippen LogP) is 7.69. The van der Waals surface area contributed by atoms with E-state index in [-0.39, 0.29) is 17.5 Å². The highest BCUT2D eigenvalue weighted by molar-refractivity contribution is 7.97. The minimum atomic E-state index is -0.949. The first-order valence-corrected chi connectivity index (χ1v) is 14.0. The van der Waals surface area contributed by atoms with Crippen molar-refractivity contribution in [3.8, 4) is 17.6 Å². The molecule has 192 valence electrons. The molecule has 0 unspecified atom stereocenters. The van der Waals surface area contributed by atoms with Crippen molar-refractivity contribution in [2.75, 3.05) is 6.61 Å². The smallest absolute Gasteiger partial charge is 0.345 e. The van der Waals surface area contributed by atoms with Crippen molar-refractivity contribution >= 4 is 27.6 Å². The van der Waals surface area contributed by atoms with E-state index < -0.39 is 11.6 Å². The van der Waals surface area contributed by atoms with Crippen LogP contribution in [0.15, 0.2) is 142 Å². The number of hydrogen-bond acceptors (Lipinski definition) is 3. The number of carbonyl (C=O) groups excluding carboxylic acids is 1. The highest BCUT2D eigenvalue weighted by Gasteiger charge is 2.28. The zero-order valence-corrected chi connectivity index (χ0v) is 22.8. The normalized spacial score (nSPS) is 11.1. The van der Waals surface area contributed by atoms with Crippen molar-refractivity contribution < 1.29 is 14.3 Å². The SMILES string of the molecule is CC(C)(C#Cc1ccc2ccccc2c1)OC(=O)COc1ccc([S+](c2ccccc2)c2ccccc2)cc1. The minimum Gasteiger partial charge on any atom is -0.482 e. The van der Waals surface area contributed by atoms with E-state index in [2.05, 4.69) is 84.6 Å². The second-order valence-corrected chi connectivity index (χ2v) is 11.5. The van der Waals surface area contributed by atoms with Crippen molar-refractivity contribution in [2.45, 2.75) is 34.1 Å². The Kier molecular flexibility index (Phi) is 8.01. The van der Waals surface area contributed by atoms with Crippen LogP contribution in [0.3, 0.4) is 0 Å². The van der Waals surface area contributed by atoms with Crippen LogP contribution in [-0.4, -0.2) is 18.2 Å². The fourth-order valence-electron chi connectivity index (χ4n) is 4.16. The van der Waals surface area contributed by atoms with E-state index in [1.807, 2.05) is 54.6 Å². The molecule has 0 aliphatic heterocycles. The van der Waals surface area contributed by atoms with E-state index >= 15 is 0 Å². The van der Waals surface area contributed by atoms with Gasteiger partial charge in [0.1, 0.15) is 5.75 Å². The summed E-state index contributed by atoms with van der Waals surface area (Å²) in [4.78, 5) is 16.2. The van der Waals surface area contributed by atoms with Crippen molar-refractivity contribution in [1.82, 2.24) is 0 Å². The standard InChI is InChI=1S/C35H29O3S/c1-35(2,24-23-27-17-18-28-11-9-10-12-29(28)25-27)38-34(36)26-37-30-19-21-33(22-20-30)39(31-13-5-3-6-14-31)32-15-7-4-8-16-32/h3-22,25H,26H2,1-2H3/q+1. The number of carbonyl (C=O) groups is 1. The molecule has 0 aliphatic carbocycles. The summed E-state index contributed by atoms with van der Waals surface area (Å²) in [5.41, 5.74) is -0.0745. The second kappa shape index (κ2) is 11.9. The molecule has 0 aromatic heterocycles. The molecule has 5 aromatic rings. The molecule has 0 aliphatic rings. The fourth-order valence-corrected chi connectivity index (χ4v) is 6.25. The van der Waals surface area contributed by atoms with E-state index in [0.717, 1.165) is 16.3 Å². The monoisotopic (exact) mass is 529 g/mol. The maximum atomic E-state index is 12.5. The van der Waals surface area contributed by atoms with Crippen molar-refractivity contribution in [2.24, 2.45) is 0 Å². The van der Waals surface area contributed by atoms with Crippen LogP contribution in [0, 0.1) is 11.8 Å². The lowest BCUT2D eigenvalue weighted by atomic mass is 10.1. The van der Waals surface area contributed by atoms with Gasteiger partial charge in [0.15, 0.2) is 26.9 Å². The van der Waals surface area contributed by atoms with Gasteiger partial charge in [0.2, 0.25) is 0 Å². The number of ether oxygens (including phenoxy) is 2. The minimum absolute atomic E-state index is 0.191. The molecule has 0 bridgehead atoms. The summed E-state index contributed by atoms with van der Waals surface area (Å²) in [7, 11) is -0.238. The van der Waals surface area contributed by atoms with Crippen molar-refractivity contribution in [3.63, 3.8) is 0 Å². The molecule has 0 heterocycles. The molecule has 0 atom stereocenters. The first kappa shape index (κ1) is 26.2. The molecule has 0 saturated carbocycles. The molecular weight excluding hydrogens is 500 g/mol. The predicted molar refractivity (Wildman–Crippen MR) is 158 cm³/mol. The number of esters is 1. The summed E-state index contributed by atoms with van der Waals surface area (Å²) in [6.45, 7) is 3.37. The third-order valence-corrected chi connectivity index (χ3v) is 8.23. The summed E-state index contributed by atoms with van der Waals surface area (Å²) in [6, 6.07) is 43.0. The van der Waals surface area contributed by atoms with Gasteiger partial charge < -0.3 is 9.47 Å². The van der Waals surface area contributed by atoms with Gasteiger partial charge >= 0.3 is 5.97 Å². The summed E-state index contributed by atoms with van der Waals surface area (Å²) in [5.74, 6) is 6.35. The zero-order valence-electron chi connectivity index (χ0n) is 22.0. The van der Waals surface area contributed by atoms with Crippen LogP contribution in [0.2, 0.25) is 0 Å². The Hall–Kier alpha value is -4.46. The summed E-state index contributed by atoms with van der Waals surface area (Å²) in [5, 5.41) is 2.29. The Morgan fingerprint density at radius 2 is 1.26 bits per heavy atom. The largest absolute Gasteiger partial charge is 0.482 e. The number of fused-ring (bicyclic) bond motifs is 1. The Morgan fingerprint density at radius 3 is 1.90 bits per heavy atom. The van der Waals surface area contributed by atoms with Gasteiger partial charge in [-0.3, -0.25) is 0 Å². The molecule has 0 spiro atoms. The Morgan fingerprint density at radius 1 is 0.692 bits per heavy atom. The zero-order chi connectivity index (χ0) is 27.1. The van der Waals surface area contributed by atoms with Crippen molar-refractivity contribution in [3.05, 3.63) is 133 Å². The number of benzene rings is 5. The van der Waals surface area contributed by atoms with Crippen LogP contribution < -0.4 is 4.74 Å². The molecule has 3 nitrogen and oxygen atoms in total. The van der Waals surface area contributed by atoms with Crippen LogP contribution in [0.25, 0.3) is 10.8 Å². The topological polar surface area (TPSA) is 35.5 Å². The lowest BCUT2D eigenvalue weighted by Crippen LogP contribution is -2.29. The van der Waals surface area contributed by atoms with Crippen LogP contribution in [0.5, 0.6) is 5.75 Å². The van der Waals surface area contributed by atoms with Gasteiger partial charge in [0.25, 0.3) is 0 Å². The first-order valence-electron chi connectivity index (χ1n) is 12.8. The van der Waals surface area contributed by atoms with E-state index in [0.29, 0.717) is 5.75 Å². The Bertz CT molecular complexity index is 1580. The highest BCUT2D eigenvalue weighted by Crippen LogP contribution is 2.32. The van der Waals surface area contributed by atoms with Gasteiger partial charge in [-0.25, -0.2) is 4.79 Å². The second-order valence-electron chi connectivity index (χ2n) is 9.49. The van der Waals surface area contributed by atoms with E-state index in [1.165, 1.54) is 14.7 Å². The lowest BCUT2D eigenvalue weighted by Gasteiger charge is -2.19. The van der Waals surface area contributed by atoms with Gasteiger partial charge in [-0.05, 0) is 85.3 Å². The Balaban J connectivity index is 1.21. The third kappa shape index (κ3) is 6.90. The molecule has 5 rings (SSSR count). The van der Waals surface area contributed by atoms with E-state index in [9.17, 15) is 4.79 Å². The molecule has 0 amide bonds. The van der Waals surface area contributed by atoms with Crippen LogP contribution in [0.4, 0.5) is 0 Å². The van der Waals surface area contributed by atoms with Gasteiger partial charge in [-0.2, -0.15) is 0 Å². The van der Waals surface area contributed by atoms with Gasteiger partial charge in [-0.15, -0.1) is 0 Å². The number of rotatable bonds is 7. The molecule has 0 N–H and O–H groups in total.